The van der Waals surface area contributed by atoms with Crippen molar-refractivity contribution < 1.29 is 14.3 Å². The van der Waals surface area contributed by atoms with Gasteiger partial charge in [0.05, 0.1) is 0 Å². The zero-order chi connectivity index (χ0) is 24.2. The van der Waals surface area contributed by atoms with Gasteiger partial charge >= 0.3 is 0 Å². The zero-order valence-electron chi connectivity index (χ0n) is 20.6. The van der Waals surface area contributed by atoms with Crippen LogP contribution in [0.1, 0.15) is 45.5 Å². The van der Waals surface area contributed by atoms with E-state index >= 15 is 0 Å². The number of hydrogen-bond donors (Lipinski definition) is 1. The molecule has 0 spiro atoms. The van der Waals surface area contributed by atoms with E-state index in [4.69, 9.17) is 9.47 Å². The van der Waals surface area contributed by atoms with Gasteiger partial charge in [-0.3, -0.25) is 4.79 Å². The predicted octanol–water partition coefficient (Wildman–Crippen LogP) is 5.08. The Balaban J connectivity index is 1.26. The first-order valence-electron chi connectivity index (χ1n) is 12.6. The minimum atomic E-state index is 0.148. The number of piperidine rings is 1. The van der Waals surface area contributed by atoms with Crippen molar-refractivity contribution in [2.24, 2.45) is 0 Å². The average Bonchev–Trinajstić information content (AvgIpc) is 2.85. The third-order valence-electron chi connectivity index (χ3n) is 7.07. The topological polar surface area (TPSA) is 50.8 Å². The summed E-state index contributed by atoms with van der Waals surface area (Å²) in [7, 11) is 0. The number of benzene rings is 3. The van der Waals surface area contributed by atoms with Crippen LogP contribution in [-0.4, -0.2) is 42.8 Å². The van der Waals surface area contributed by atoms with Crippen LogP contribution in [0.25, 0.3) is 0 Å². The van der Waals surface area contributed by atoms with Crippen molar-refractivity contribution in [1.82, 2.24) is 10.2 Å². The first kappa shape index (κ1) is 23.4. The molecule has 182 valence electrons. The molecule has 5 rings (SSSR count). The molecule has 35 heavy (non-hydrogen) atoms. The van der Waals surface area contributed by atoms with Gasteiger partial charge in [0, 0.05) is 30.3 Å². The van der Waals surface area contributed by atoms with Crippen LogP contribution in [0.3, 0.4) is 0 Å². The quantitative estimate of drug-likeness (QED) is 0.523. The maximum atomic E-state index is 13.6. The standard InChI is InChI=1S/C30H34N2O3/c1-21-14-22(2)16-25(15-21)30(33)32-13-11-26(18-27(32)17-23-6-4-3-5-7-23)31-12-10-24-8-9-28-19-29(24)35-20-34-28/h3-9,14-16,19,26-27,31H,10-13,17-18,20H2,1-2H3/t26-,27-/m0/s1. The van der Waals surface area contributed by atoms with Crippen molar-refractivity contribution in [2.45, 2.75) is 51.6 Å². The van der Waals surface area contributed by atoms with Crippen LogP contribution in [0.4, 0.5) is 0 Å². The lowest BCUT2D eigenvalue weighted by molar-refractivity contribution is 0.0577. The summed E-state index contributed by atoms with van der Waals surface area (Å²) in [6.45, 7) is 6.05. The van der Waals surface area contributed by atoms with Crippen molar-refractivity contribution in [3.63, 3.8) is 0 Å². The van der Waals surface area contributed by atoms with Crippen molar-refractivity contribution in [3.05, 3.63) is 94.5 Å². The maximum absolute atomic E-state index is 13.6. The molecule has 0 unspecified atom stereocenters. The SMILES string of the molecule is Cc1cc(C)cc(C(=O)N2CC[C@H](NCCc3ccc4cc3OCO4)C[C@@H]2Cc2ccccc2)c1. The minimum absolute atomic E-state index is 0.148. The second-order valence-corrected chi connectivity index (χ2v) is 9.82. The summed E-state index contributed by atoms with van der Waals surface area (Å²) in [4.78, 5) is 15.7. The number of fused-ring (bicyclic) bond motifs is 2. The Morgan fingerprint density at radius 3 is 2.60 bits per heavy atom. The molecule has 0 radical (unpaired) electrons. The van der Waals surface area contributed by atoms with E-state index in [1.807, 2.05) is 30.3 Å². The number of ether oxygens (including phenoxy) is 2. The van der Waals surface area contributed by atoms with E-state index in [2.05, 4.69) is 60.5 Å². The van der Waals surface area contributed by atoms with Gasteiger partial charge in [0.2, 0.25) is 6.79 Å². The molecule has 5 nitrogen and oxygen atoms in total. The lowest BCUT2D eigenvalue weighted by atomic mass is 9.91. The van der Waals surface area contributed by atoms with E-state index in [0.717, 1.165) is 67.0 Å². The van der Waals surface area contributed by atoms with Crippen molar-refractivity contribution in [1.29, 1.82) is 0 Å². The fourth-order valence-corrected chi connectivity index (χ4v) is 5.38. The maximum Gasteiger partial charge on any atom is 0.254 e. The molecule has 3 aromatic rings. The van der Waals surface area contributed by atoms with Gasteiger partial charge in [-0.15, -0.1) is 0 Å². The molecule has 0 aliphatic carbocycles. The molecule has 1 N–H and O–H groups in total. The molecule has 5 heteroatoms. The first-order chi connectivity index (χ1) is 17.0. The molecule has 1 amide bonds. The van der Waals surface area contributed by atoms with Crippen LogP contribution in [-0.2, 0) is 12.8 Å². The molecule has 0 aromatic heterocycles. The minimum Gasteiger partial charge on any atom is -0.457 e. The van der Waals surface area contributed by atoms with Crippen LogP contribution < -0.4 is 14.8 Å². The van der Waals surface area contributed by atoms with Crippen LogP contribution >= 0.6 is 0 Å². The summed E-state index contributed by atoms with van der Waals surface area (Å²) in [6, 6.07) is 23.3. The number of amides is 1. The molecule has 0 saturated carbocycles. The molecular weight excluding hydrogens is 436 g/mol. The summed E-state index contributed by atoms with van der Waals surface area (Å²) in [5.74, 6) is 1.94. The molecule has 1 saturated heterocycles. The number of rotatable bonds is 7. The summed E-state index contributed by atoms with van der Waals surface area (Å²) >= 11 is 0. The molecule has 3 aromatic carbocycles. The predicted molar refractivity (Wildman–Crippen MR) is 138 cm³/mol. The summed E-state index contributed by atoms with van der Waals surface area (Å²) < 4.78 is 11.0. The number of carbonyl (C=O) groups excluding carboxylic acids is 1. The highest BCUT2D eigenvalue weighted by Gasteiger charge is 2.32. The smallest absolute Gasteiger partial charge is 0.254 e. The van der Waals surface area contributed by atoms with E-state index in [1.165, 1.54) is 11.1 Å². The average molecular weight is 471 g/mol. The van der Waals surface area contributed by atoms with E-state index in [0.29, 0.717) is 6.04 Å². The Morgan fingerprint density at radius 1 is 1.00 bits per heavy atom. The monoisotopic (exact) mass is 470 g/mol. The number of nitrogens with zero attached hydrogens (tertiary/aromatic N) is 1. The lowest BCUT2D eigenvalue weighted by Crippen LogP contribution is -2.52. The first-order valence-corrected chi connectivity index (χ1v) is 12.6. The third-order valence-corrected chi connectivity index (χ3v) is 7.07. The second kappa shape index (κ2) is 10.5. The highest BCUT2D eigenvalue weighted by atomic mass is 16.7. The molecule has 1 fully saturated rings. The summed E-state index contributed by atoms with van der Waals surface area (Å²) in [5, 5.41) is 3.76. The van der Waals surface area contributed by atoms with Gasteiger partial charge in [-0.05, 0) is 75.4 Å². The second-order valence-electron chi connectivity index (χ2n) is 9.82. The zero-order valence-corrected chi connectivity index (χ0v) is 20.6. The van der Waals surface area contributed by atoms with Gasteiger partial charge in [0.25, 0.3) is 5.91 Å². The Labute approximate surface area is 208 Å². The van der Waals surface area contributed by atoms with E-state index < -0.39 is 0 Å². The molecule has 2 atom stereocenters. The van der Waals surface area contributed by atoms with Gasteiger partial charge < -0.3 is 19.7 Å². The lowest BCUT2D eigenvalue weighted by Gasteiger charge is -2.40. The van der Waals surface area contributed by atoms with Crippen LogP contribution in [0.5, 0.6) is 11.5 Å². The van der Waals surface area contributed by atoms with Crippen LogP contribution in [0, 0.1) is 13.8 Å². The number of carbonyl (C=O) groups is 1. The Morgan fingerprint density at radius 2 is 1.80 bits per heavy atom. The molecule has 2 aliphatic rings. The Hall–Kier alpha value is -3.31. The fourth-order valence-electron chi connectivity index (χ4n) is 5.38. The fraction of sp³-hybridized carbons (Fsp3) is 0.367. The van der Waals surface area contributed by atoms with Gasteiger partial charge in [-0.2, -0.15) is 0 Å². The van der Waals surface area contributed by atoms with Gasteiger partial charge in [0.1, 0.15) is 11.5 Å². The van der Waals surface area contributed by atoms with Crippen molar-refractivity contribution >= 4 is 5.91 Å². The van der Waals surface area contributed by atoms with Crippen molar-refractivity contribution in [3.8, 4) is 11.5 Å². The van der Waals surface area contributed by atoms with Gasteiger partial charge in [0.15, 0.2) is 0 Å². The van der Waals surface area contributed by atoms with Crippen molar-refractivity contribution in [2.75, 3.05) is 19.9 Å². The highest BCUT2D eigenvalue weighted by Crippen LogP contribution is 2.29. The normalized spacial score (nSPS) is 19.1. The van der Waals surface area contributed by atoms with Gasteiger partial charge in [-0.25, -0.2) is 0 Å². The molecular formula is C30H34N2O3. The number of likely N-dealkylation sites (tertiary alicyclic amines) is 1. The number of nitrogens with one attached hydrogen (secondary N) is 1. The van der Waals surface area contributed by atoms with Crippen LogP contribution in [0.2, 0.25) is 0 Å². The third kappa shape index (κ3) is 5.68. The summed E-state index contributed by atoms with van der Waals surface area (Å²) in [6.07, 6.45) is 3.68. The highest BCUT2D eigenvalue weighted by molar-refractivity contribution is 5.95. The van der Waals surface area contributed by atoms with Gasteiger partial charge in [-0.1, -0.05) is 53.6 Å². The largest absolute Gasteiger partial charge is 0.457 e. The van der Waals surface area contributed by atoms with Crippen LogP contribution in [0.15, 0.2) is 66.7 Å². The number of hydrogen-bond acceptors (Lipinski definition) is 4. The molecule has 2 aliphatic heterocycles. The Bertz CT molecular complexity index is 1160. The van der Waals surface area contributed by atoms with E-state index in [1.54, 1.807) is 0 Å². The molecule has 2 bridgehead atoms. The summed E-state index contributed by atoms with van der Waals surface area (Å²) in [5.41, 5.74) is 5.54. The number of aryl methyl sites for hydroxylation is 2. The van der Waals surface area contributed by atoms with E-state index in [-0.39, 0.29) is 18.7 Å². The molecule has 2 heterocycles. The van der Waals surface area contributed by atoms with E-state index in [9.17, 15) is 4.79 Å². The Kier molecular flexibility index (Phi) is 7.05.